The van der Waals surface area contributed by atoms with Crippen molar-refractivity contribution >= 4 is 5.97 Å². The van der Waals surface area contributed by atoms with Gasteiger partial charge in [0.25, 0.3) is 0 Å². The maximum atomic E-state index is 11.3. The summed E-state index contributed by atoms with van der Waals surface area (Å²) in [6, 6.07) is 0.387. The average molecular weight is 213 g/mol. The molecule has 0 aliphatic carbocycles. The van der Waals surface area contributed by atoms with Crippen LogP contribution in [-0.4, -0.2) is 29.7 Å². The molecule has 0 saturated heterocycles. The highest BCUT2D eigenvalue weighted by atomic mass is 16.6. The first-order valence-electron chi connectivity index (χ1n) is 5.65. The van der Waals surface area contributed by atoms with Gasteiger partial charge < -0.3 is 4.74 Å². The first-order chi connectivity index (χ1) is 7.06. The predicted molar refractivity (Wildman–Crippen MR) is 62.5 cm³/mol. The van der Waals surface area contributed by atoms with Crippen molar-refractivity contribution in [3.8, 4) is 0 Å². The summed E-state index contributed by atoms with van der Waals surface area (Å²) in [5.41, 5.74) is 0. The van der Waals surface area contributed by atoms with E-state index in [0.717, 1.165) is 13.0 Å². The fourth-order valence-corrected chi connectivity index (χ4v) is 1.60. The van der Waals surface area contributed by atoms with Gasteiger partial charge in [-0.15, -0.1) is 0 Å². The molecule has 3 heteroatoms. The van der Waals surface area contributed by atoms with Crippen LogP contribution in [0.4, 0.5) is 0 Å². The number of allylic oxidation sites excluding steroid dienone is 1. The molecule has 1 unspecified atom stereocenters. The van der Waals surface area contributed by atoms with Crippen LogP contribution in [0.15, 0.2) is 12.2 Å². The van der Waals surface area contributed by atoms with Crippen LogP contribution in [0.1, 0.15) is 41.0 Å². The van der Waals surface area contributed by atoms with Crippen molar-refractivity contribution in [2.75, 3.05) is 6.54 Å². The molecule has 0 saturated carbocycles. The molecule has 0 aromatic carbocycles. The summed E-state index contributed by atoms with van der Waals surface area (Å²) in [5, 5.41) is 0. The van der Waals surface area contributed by atoms with Gasteiger partial charge in [-0.05, 0) is 33.7 Å². The van der Waals surface area contributed by atoms with E-state index in [2.05, 4.69) is 25.7 Å². The number of hydrogen-bond donors (Lipinski definition) is 0. The Labute approximate surface area is 93.1 Å². The van der Waals surface area contributed by atoms with Gasteiger partial charge in [0, 0.05) is 12.1 Å². The predicted octanol–water partition coefficient (Wildman–Crippen LogP) is 2.57. The van der Waals surface area contributed by atoms with E-state index in [-0.39, 0.29) is 12.2 Å². The Kier molecular flexibility index (Phi) is 7.05. The summed E-state index contributed by atoms with van der Waals surface area (Å²) in [7, 11) is 0. The summed E-state index contributed by atoms with van der Waals surface area (Å²) in [4.78, 5) is 13.5. The first kappa shape index (κ1) is 14.2. The average Bonchev–Trinajstić information content (AvgIpc) is 2.17. The lowest BCUT2D eigenvalue weighted by Gasteiger charge is -2.32. The third-order valence-electron chi connectivity index (χ3n) is 2.30. The van der Waals surface area contributed by atoms with E-state index in [1.165, 1.54) is 6.08 Å². The molecular formula is C12H23NO2. The van der Waals surface area contributed by atoms with Gasteiger partial charge in [0.2, 0.25) is 0 Å². The molecule has 0 heterocycles. The van der Waals surface area contributed by atoms with Crippen molar-refractivity contribution in [1.82, 2.24) is 4.90 Å². The van der Waals surface area contributed by atoms with Crippen LogP contribution in [0.25, 0.3) is 0 Å². The first-order valence-corrected chi connectivity index (χ1v) is 5.65. The second-order valence-electron chi connectivity index (χ2n) is 3.72. The fourth-order valence-electron chi connectivity index (χ4n) is 1.60. The largest absolute Gasteiger partial charge is 0.443 e. The molecule has 3 nitrogen and oxygen atoms in total. The van der Waals surface area contributed by atoms with Gasteiger partial charge in [0.05, 0.1) is 0 Å². The molecule has 0 aliphatic heterocycles. The van der Waals surface area contributed by atoms with Crippen molar-refractivity contribution in [2.45, 2.75) is 53.3 Å². The summed E-state index contributed by atoms with van der Waals surface area (Å²) in [5.74, 6) is -0.261. The van der Waals surface area contributed by atoms with Crippen LogP contribution in [-0.2, 0) is 9.53 Å². The van der Waals surface area contributed by atoms with Crippen LogP contribution < -0.4 is 0 Å². The SMILES string of the molecule is C/C=C\C(=O)OC(CC)N(CC)C(C)C. The summed E-state index contributed by atoms with van der Waals surface area (Å²) >= 11 is 0. The Morgan fingerprint density at radius 2 is 2.00 bits per heavy atom. The Morgan fingerprint density at radius 1 is 1.40 bits per heavy atom. The molecule has 0 radical (unpaired) electrons. The summed E-state index contributed by atoms with van der Waals surface area (Å²) in [6.45, 7) is 11.0. The Balaban J connectivity index is 4.39. The van der Waals surface area contributed by atoms with Gasteiger partial charge in [-0.3, -0.25) is 4.90 Å². The van der Waals surface area contributed by atoms with Crippen LogP contribution in [0.3, 0.4) is 0 Å². The zero-order valence-corrected chi connectivity index (χ0v) is 10.5. The maximum Gasteiger partial charge on any atom is 0.331 e. The highest BCUT2D eigenvalue weighted by Crippen LogP contribution is 2.10. The Morgan fingerprint density at radius 3 is 2.33 bits per heavy atom. The topological polar surface area (TPSA) is 29.5 Å². The van der Waals surface area contributed by atoms with Crippen LogP contribution in [0.5, 0.6) is 0 Å². The number of ether oxygens (including phenoxy) is 1. The minimum Gasteiger partial charge on any atom is -0.443 e. The van der Waals surface area contributed by atoms with Crippen molar-refractivity contribution in [2.24, 2.45) is 0 Å². The molecule has 0 amide bonds. The molecule has 0 N–H and O–H groups in total. The van der Waals surface area contributed by atoms with E-state index >= 15 is 0 Å². The third kappa shape index (κ3) is 4.98. The molecule has 0 aliphatic rings. The number of rotatable bonds is 6. The molecule has 0 aromatic heterocycles. The van der Waals surface area contributed by atoms with Crippen molar-refractivity contribution in [3.63, 3.8) is 0 Å². The number of carbonyl (C=O) groups excluding carboxylic acids is 1. The Hall–Kier alpha value is -0.830. The molecule has 15 heavy (non-hydrogen) atoms. The van der Waals surface area contributed by atoms with E-state index in [4.69, 9.17) is 4.74 Å². The van der Waals surface area contributed by atoms with Gasteiger partial charge in [-0.2, -0.15) is 0 Å². The minimum absolute atomic E-state index is 0.112. The van der Waals surface area contributed by atoms with Gasteiger partial charge >= 0.3 is 5.97 Å². The highest BCUT2D eigenvalue weighted by molar-refractivity contribution is 5.81. The molecular weight excluding hydrogens is 190 g/mol. The maximum absolute atomic E-state index is 11.3. The van der Waals surface area contributed by atoms with Gasteiger partial charge in [0.1, 0.15) is 0 Å². The van der Waals surface area contributed by atoms with E-state index < -0.39 is 0 Å². The fraction of sp³-hybridized carbons (Fsp3) is 0.750. The van der Waals surface area contributed by atoms with E-state index in [1.807, 2.05) is 13.8 Å². The number of esters is 1. The second-order valence-corrected chi connectivity index (χ2v) is 3.72. The van der Waals surface area contributed by atoms with E-state index in [0.29, 0.717) is 6.04 Å². The van der Waals surface area contributed by atoms with E-state index in [9.17, 15) is 4.79 Å². The van der Waals surface area contributed by atoms with Crippen molar-refractivity contribution in [1.29, 1.82) is 0 Å². The molecule has 0 rings (SSSR count). The lowest BCUT2D eigenvalue weighted by molar-refractivity contribution is -0.155. The highest BCUT2D eigenvalue weighted by Gasteiger charge is 2.20. The monoisotopic (exact) mass is 213 g/mol. The van der Waals surface area contributed by atoms with Crippen LogP contribution >= 0.6 is 0 Å². The van der Waals surface area contributed by atoms with Crippen LogP contribution in [0, 0.1) is 0 Å². The second kappa shape index (κ2) is 7.46. The van der Waals surface area contributed by atoms with Crippen LogP contribution in [0.2, 0.25) is 0 Å². The summed E-state index contributed by atoms with van der Waals surface area (Å²) < 4.78 is 5.35. The minimum atomic E-state index is -0.261. The molecule has 0 spiro atoms. The number of carbonyl (C=O) groups is 1. The molecule has 0 aromatic rings. The third-order valence-corrected chi connectivity index (χ3v) is 2.30. The van der Waals surface area contributed by atoms with Gasteiger partial charge in [-0.1, -0.05) is 19.9 Å². The normalized spacial score (nSPS) is 13.8. The van der Waals surface area contributed by atoms with Crippen molar-refractivity contribution in [3.05, 3.63) is 12.2 Å². The lowest BCUT2D eigenvalue weighted by atomic mass is 10.2. The molecule has 1 atom stereocenters. The number of hydrogen-bond acceptors (Lipinski definition) is 3. The van der Waals surface area contributed by atoms with Gasteiger partial charge in [0.15, 0.2) is 6.23 Å². The van der Waals surface area contributed by atoms with Crippen molar-refractivity contribution < 1.29 is 9.53 Å². The van der Waals surface area contributed by atoms with E-state index in [1.54, 1.807) is 6.08 Å². The lowest BCUT2D eigenvalue weighted by Crippen LogP contribution is -2.42. The standard InChI is InChI=1S/C12H23NO2/c1-6-9-12(14)15-11(7-2)13(8-3)10(4)5/h6,9-11H,7-8H2,1-5H3/b9-6-. The zero-order chi connectivity index (χ0) is 11.8. The number of nitrogens with zero attached hydrogens (tertiary/aromatic N) is 1. The molecule has 88 valence electrons. The summed E-state index contributed by atoms with van der Waals surface area (Å²) in [6.07, 6.45) is 3.85. The van der Waals surface area contributed by atoms with Gasteiger partial charge in [-0.25, -0.2) is 4.79 Å². The zero-order valence-electron chi connectivity index (χ0n) is 10.5. The molecule has 0 bridgehead atoms. The quantitative estimate of drug-likeness (QED) is 0.386. The smallest absolute Gasteiger partial charge is 0.331 e. The molecule has 0 fully saturated rings. The Bertz CT molecular complexity index is 212.